The van der Waals surface area contributed by atoms with Crippen LogP contribution >= 0.6 is 11.8 Å². The monoisotopic (exact) mass is 159 g/mol. The van der Waals surface area contributed by atoms with E-state index in [1.807, 2.05) is 0 Å². The van der Waals surface area contributed by atoms with Crippen LogP contribution < -0.4 is 0 Å². The molecule has 0 heterocycles. The maximum Gasteiger partial charge on any atom is 0.277 e. The van der Waals surface area contributed by atoms with Gasteiger partial charge in [-0.3, -0.25) is 10.1 Å². The Hall–Kier alpha value is -0.770. The fraction of sp³-hybridized carbons (Fsp3) is 0.333. The second-order valence-electron chi connectivity index (χ2n) is 1.61. The normalized spacial score (nSPS) is 12.2. The van der Waals surface area contributed by atoms with Crippen molar-refractivity contribution in [2.45, 2.75) is 6.92 Å². The summed E-state index contributed by atoms with van der Waals surface area (Å²) in [7, 11) is 0. The van der Waals surface area contributed by atoms with Gasteiger partial charge < -0.3 is 0 Å². The molecule has 56 valence electrons. The Morgan fingerprint density at radius 3 is 2.40 bits per heavy atom. The van der Waals surface area contributed by atoms with Crippen LogP contribution in [-0.2, 0) is 0 Å². The summed E-state index contributed by atoms with van der Waals surface area (Å²) in [6, 6.07) is 0. The lowest BCUT2D eigenvalue weighted by molar-refractivity contribution is -0.419. The number of nitrogens with zero attached hydrogens (tertiary/aromatic N) is 1. The molecule has 0 aromatic rings. The molecule has 0 aliphatic rings. The Labute approximate surface area is 64.0 Å². The minimum atomic E-state index is -0.432. The quantitative estimate of drug-likeness (QED) is 0.359. The van der Waals surface area contributed by atoms with Crippen LogP contribution in [0.1, 0.15) is 6.92 Å². The van der Waals surface area contributed by atoms with E-state index in [0.717, 1.165) is 0 Å². The third-order valence-corrected chi connectivity index (χ3v) is 1.88. The van der Waals surface area contributed by atoms with Crippen molar-refractivity contribution in [1.29, 1.82) is 0 Å². The molecule has 0 rings (SSSR count). The van der Waals surface area contributed by atoms with Crippen molar-refractivity contribution < 1.29 is 4.92 Å². The number of nitro groups is 1. The van der Waals surface area contributed by atoms with Crippen LogP contribution in [0.4, 0.5) is 0 Å². The first-order chi connectivity index (χ1) is 4.63. The Morgan fingerprint density at radius 2 is 2.30 bits per heavy atom. The van der Waals surface area contributed by atoms with Crippen LogP contribution in [0.15, 0.2) is 23.3 Å². The van der Waals surface area contributed by atoms with Crippen molar-refractivity contribution in [2.75, 3.05) is 6.26 Å². The number of hydrogen-bond donors (Lipinski definition) is 0. The second kappa shape index (κ2) is 4.11. The summed E-state index contributed by atoms with van der Waals surface area (Å²) in [6.07, 6.45) is 3.05. The first-order valence-corrected chi connectivity index (χ1v) is 3.87. The lowest BCUT2D eigenvalue weighted by Gasteiger charge is -1.94. The van der Waals surface area contributed by atoms with Gasteiger partial charge in [-0.2, -0.15) is 0 Å². The Bertz CT molecular complexity index is 186. The first kappa shape index (κ1) is 9.23. The molecule has 0 amide bonds. The lowest BCUT2D eigenvalue weighted by Crippen LogP contribution is -1.96. The maximum atomic E-state index is 10.2. The van der Waals surface area contributed by atoms with Crippen molar-refractivity contribution in [3.8, 4) is 0 Å². The highest BCUT2D eigenvalue weighted by molar-refractivity contribution is 8.02. The van der Waals surface area contributed by atoms with Gasteiger partial charge in [0.25, 0.3) is 5.70 Å². The van der Waals surface area contributed by atoms with Gasteiger partial charge in [0.2, 0.25) is 0 Å². The molecule has 0 fully saturated rings. The van der Waals surface area contributed by atoms with Crippen LogP contribution in [0.2, 0.25) is 0 Å². The van der Waals surface area contributed by atoms with Crippen LogP contribution in [0.3, 0.4) is 0 Å². The molecule has 0 aromatic carbocycles. The molecule has 4 heteroatoms. The molecule has 3 nitrogen and oxygen atoms in total. The zero-order valence-corrected chi connectivity index (χ0v) is 6.77. The molecule has 0 aliphatic heterocycles. The predicted octanol–water partition coefficient (Wildman–Crippen LogP) is 2.04. The third-order valence-electron chi connectivity index (χ3n) is 1.06. The fourth-order valence-corrected chi connectivity index (χ4v) is 0.818. The third kappa shape index (κ3) is 2.23. The van der Waals surface area contributed by atoms with Gasteiger partial charge in [-0.15, -0.1) is 11.8 Å². The lowest BCUT2D eigenvalue weighted by atomic mass is 10.4. The standard InChI is InChI=1S/C6H9NO2S/c1-4-6(7(8)9)5(2)10-3/h4H,1H2,2-3H3/b6-5-. The van der Waals surface area contributed by atoms with Gasteiger partial charge in [-0.05, 0) is 13.2 Å². The van der Waals surface area contributed by atoms with Gasteiger partial charge in [-0.1, -0.05) is 6.58 Å². The van der Waals surface area contributed by atoms with Crippen molar-refractivity contribution >= 4 is 11.8 Å². The number of allylic oxidation sites excluding steroid dienone is 2. The van der Waals surface area contributed by atoms with Crippen molar-refractivity contribution in [3.63, 3.8) is 0 Å². The van der Waals surface area contributed by atoms with Crippen molar-refractivity contribution in [1.82, 2.24) is 0 Å². The molecule has 0 saturated heterocycles. The summed E-state index contributed by atoms with van der Waals surface area (Å²) in [5, 5.41) is 10.2. The van der Waals surface area contributed by atoms with Gasteiger partial charge in [0.15, 0.2) is 0 Å². The molecule has 0 N–H and O–H groups in total. The average molecular weight is 159 g/mol. The average Bonchev–Trinajstić information content (AvgIpc) is 1.88. The van der Waals surface area contributed by atoms with E-state index in [4.69, 9.17) is 0 Å². The number of thioether (sulfide) groups is 1. The molecule has 0 unspecified atom stereocenters. The fourth-order valence-electron chi connectivity index (χ4n) is 0.451. The molecule has 0 radical (unpaired) electrons. The maximum absolute atomic E-state index is 10.2. The molecule has 0 aromatic heterocycles. The summed E-state index contributed by atoms with van der Waals surface area (Å²) in [5.74, 6) is 0. The Balaban J connectivity index is 4.62. The van der Waals surface area contributed by atoms with E-state index in [2.05, 4.69) is 6.58 Å². The molecule has 0 saturated carbocycles. The van der Waals surface area contributed by atoms with Crippen LogP contribution in [0, 0.1) is 10.1 Å². The zero-order valence-electron chi connectivity index (χ0n) is 5.96. The van der Waals surface area contributed by atoms with Crippen molar-refractivity contribution in [3.05, 3.63) is 33.4 Å². The molecule has 0 aliphatic carbocycles. The van der Waals surface area contributed by atoms with Crippen LogP contribution in [0.25, 0.3) is 0 Å². The minimum Gasteiger partial charge on any atom is -0.258 e. The predicted molar refractivity (Wildman–Crippen MR) is 43.4 cm³/mol. The number of rotatable bonds is 3. The molecule has 0 bridgehead atoms. The minimum absolute atomic E-state index is 0.0903. The Morgan fingerprint density at radius 1 is 1.80 bits per heavy atom. The van der Waals surface area contributed by atoms with E-state index in [9.17, 15) is 10.1 Å². The van der Waals surface area contributed by atoms with Gasteiger partial charge in [0.1, 0.15) is 0 Å². The Kier molecular flexibility index (Phi) is 3.79. The smallest absolute Gasteiger partial charge is 0.258 e. The molecule has 0 spiro atoms. The summed E-state index contributed by atoms with van der Waals surface area (Å²) in [6.45, 7) is 5.04. The van der Waals surface area contributed by atoms with E-state index in [0.29, 0.717) is 4.91 Å². The van der Waals surface area contributed by atoms with E-state index >= 15 is 0 Å². The van der Waals surface area contributed by atoms with Crippen LogP contribution in [0.5, 0.6) is 0 Å². The largest absolute Gasteiger partial charge is 0.277 e. The first-order valence-electron chi connectivity index (χ1n) is 2.65. The van der Waals surface area contributed by atoms with Gasteiger partial charge >= 0.3 is 0 Å². The zero-order chi connectivity index (χ0) is 8.15. The highest BCUT2D eigenvalue weighted by Crippen LogP contribution is 2.16. The molecular formula is C6H9NO2S. The summed E-state index contributed by atoms with van der Waals surface area (Å²) in [5.41, 5.74) is 0.0903. The topological polar surface area (TPSA) is 43.1 Å². The SMILES string of the molecule is C=C/C(=C(\C)SC)[N+](=O)[O-]. The highest BCUT2D eigenvalue weighted by Gasteiger charge is 2.08. The number of hydrogen-bond acceptors (Lipinski definition) is 3. The summed E-state index contributed by atoms with van der Waals surface area (Å²) in [4.78, 5) is 10.4. The molecular weight excluding hydrogens is 150 g/mol. The molecule has 10 heavy (non-hydrogen) atoms. The molecule has 0 atom stereocenters. The van der Waals surface area contributed by atoms with E-state index in [-0.39, 0.29) is 5.70 Å². The van der Waals surface area contributed by atoms with Gasteiger partial charge in [-0.25, -0.2) is 0 Å². The summed E-state index contributed by atoms with van der Waals surface area (Å²) >= 11 is 1.35. The van der Waals surface area contributed by atoms with E-state index < -0.39 is 4.92 Å². The van der Waals surface area contributed by atoms with Crippen molar-refractivity contribution in [2.24, 2.45) is 0 Å². The van der Waals surface area contributed by atoms with E-state index in [1.54, 1.807) is 13.2 Å². The van der Waals surface area contributed by atoms with Crippen LogP contribution in [-0.4, -0.2) is 11.2 Å². The second-order valence-corrected chi connectivity index (χ2v) is 2.63. The highest BCUT2D eigenvalue weighted by atomic mass is 32.2. The van der Waals surface area contributed by atoms with Gasteiger partial charge in [0, 0.05) is 6.08 Å². The summed E-state index contributed by atoms with van der Waals surface area (Å²) < 4.78 is 0. The van der Waals surface area contributed by atoms with Gasteiger partial charge in [0.05, 0.1) is 9.83 Å². The van der Waals surface area contributed by atoms with E-state index in [1.165, 1.54) is 17.8 Å².